The second-order valence-electron chi connectivity index (χ2n) is 3.96. The SMILES string of the molecule is COC(C)Cn1ccnc1-c1ccc(I)cc1. The van der Waals surface area contributed by atoms with Crippen molar-refractivity contribution >= 4 is 22.6 Å². The lowest BCUT2D eigenvalue weighted by atomic mass is 10.2. The van der Waals surface area contributed by atoms with Crippen molar-refractivity contribution in [3.05, 3.63) is 40.2 Å². The molecule has 2 aromatic rings. The summed E-state index contributed by atoms with van der Waals surface area (Å²) in [5.41, 5.74) is 1.14. The van der Waals surface area contributed by atoms with Crippen molar-refractivity contribution in [2.75, 3.05) is 7.11 Å². The average Bonchev–Trinajstić information content (AvgIpc) is 2.78. The molecule has 0 amide bonds. The molecule has 0 bridgehead atoms. The Balaban J connectivity index is 2.27. The smallest absolute Gasteiger partial charge is 0.139 e. The Kier molecular flexibility index (Phi) is 4.17. The normalized spacial score (nSPS) is 12.6. The van der Waals surface area contributed by atoms with E-state index in [1.807, 2.05) is 12.4 Å². The van der Waals surface area contributed by atoms with E-state index in [4.69, 9.17) is 4.74 Å². The number of rotatable bonds is 4. The molecule has 1 aromatic heterocycles. The van der Waals surface area contributed by atoms with E-state index in [-0.39, 0.29) is 6.10 Å². The van der Waals surface area contributed by atoms with Crippen molar-refractivity contribution < 1.29 is 4.74 Å². The zero-order chi connectivity index (χ0) is 12.3. The summed E-state index contributed by atoms with van der Waals surface area (Å²) in [5.74, 6) is 0.991. The van der Waals surface area contributed by atoms with Gasteiger partial charge in [-0.3, -0.25) is 0 Å². The van der Waals surface area contributed by atoms with Crippen molar-refractivity contribution in [3.63, 3.8) is 0 Å². The lowest BCUT2D eigenvalue weighted by Gasteiger charge is -2.13. The molecule has 0 saturated heterocycles. The summed E-state index contributed by atoms with van der Waals surface area (Å²) in [6.45, 7) is 2.87. The third kappa shape index (κ3) is 3.07. The highest BCUT2D eigenvalue weighted by Crippen LogP contribution is 2.19. The van der Waals surface area contributed by atoms with E-state index in [0.29, 0.717) is 0 Å². The van der Waals surface area contributed by atoms with Crippen LogP contribution in [0.25, 0.3) is 11.4 Å². The Labute approximate surface area is 115 Å². The molecule has 0 N–H and O–H groups in total. The summed E-state index contributed by atoms with van der Waals surface area (Å²) in [6.07, 6.45) is 4.00. The van der Waals surface area contributed by atoms with Gasteiger partial charge in [0.15, 0.2) is 0 Å². The number of aromatic nitrogens is 2. The molecule has 90 valence electrons. The zero-order valence-corrected chi connectivity index (χ0v) is 12.1. The Morgan fingerprint density at radius 2 is 2.06 bits per heavy atom. The number of benzene rings is 1. The lowest BCUT2D eigenvalue weighted by molar-refractivity contribution is 0.103. The van der Waals surface area contributed by atoms with Crippen molar-refractivity contribution in [2.45, 2.75) is 19.6 Å². The van der Waals surface area contributed by atoms with E-state index in [1.165, 1.54) is 3.57 Å². The molecule has 0 radical (unpaired) electrons. The van der Waals surface area contributed by atoms with Crippen LogP contribution in [0.1, 0.15) is 6.92 Å². The van der Waals surface area contributed by atoms with Crippen LogP contribution in [0.2, 0.25) is 0 Å². The first-order valence-corrected chi connectivity index (χ1v) is 6.58. The summed E-state index contributed by atoms with van der Waals surface area (Å²) < 4.78 is 8.64. The van der Waals surface area contributed by atoms with Gasteiger partial charge in [-0.25, -0.2) is 4.98 Å². The largest absolute Gasteiger partial charge is 0.380 e. The number of imidazole rings is 1. The lowest BCUT2D eigenvalue weighted by Crippen LogP contribution is -2.14. The highest BCUT2D eigenvalue weighted by molar-refractivity contribution is 14.1. The summed E-state index contributed by atoms with van der Waals surface area (Å²) in [6, 6.07) is 8.37. The molecule has 0 aliphatic heterocycles. The first kappa shape index (κ1) is 12.6. The van der Waals surface area contributed by atoms with Gasteiger partial charge < -0.3 is 9.30 Å². The fraction of sp³-hybridized carbons (Fsp3) is 0.308. The number of ether oxygens (including phenoxy) is 1. The summed E-state index contributed by atoms with van der Waals surface area (Å²) in [5, 5.41) is 0. The van der Waals surface area contributed by atoms with E-state index in [1.54, 1.807) is 7.11 Å². The van der Waals surface area contributed by atoms with Crippen LogP contribution in [-0.2, 0) is 11.3 Å². The topological polar surface area (TPSA) is 27.1 Å². The molecule has 1 heterocycles. The molecular formula is C13H15IN2O. The van der Waals surface area contributed by atoms with Crippen LogP contribution in [0.5, 0.6) is 0 Å². The van der Waals surface area contributed by atoms with Crippen LogP contribution in [0.15, 0.2) is 36.7 Å². The minimum atomic E-state index is 0.187. The Bertz CT molecular complexity index is 478. The van der Waals surface area contributed by atoms with E-state index >= 15 is 0 Å². The number of hydrogen-bond acceptors (Lipinski definition) is 2. The van der Waals surface area contributed by atoms with E-state index in [9.17, 15) is 0 Å². The van der Waals surface area contributed by atoms with Crippen LogP contribution in [0, 0.1) is 3.57 Å². The number of methoxy groups -OCH3 is 1. The van der Waals surface area contributed by atoms with Gasteiger partial charge in [-0.1, -0.05) is 12.1 Å². The van der Waals surface area contributed by atoms with Crippen LogP contribution < -0.4 is 0 Å². The molecule has 1 aromatic carbocycles. The van der Waals surface area contributed by atoms with Gasteiger partial charge in [0, 0.05) is 28.6 Å². The molecule has 0 aliphatic carbocycles. The Morgan fingerprint density at radius 1 is 1.35 bits per heavy atom. The Morgan fingerprint density at radius 3 is 2.71 bits per heavy atom. The quantitative estimate of drug-likeness (QED) is 0.798. The second kappa shape index (κ2) is 5.64. The molecule has 0 spiro atoms. The minimum absolute atomic E-state index is 0.187. The molecular weight excluding hydrogens is 327 g/mol. The van der Waals surface area contributed by atoms with Gasteiger partial charge in [-0.2, -0.15) is 0 Å². The van der Waals surface area contributed by atoms with Gasteiger partial charge in [0.25, 0.3) is 0 Å². The van der Waals surface area contributed by atoms with Gasteiger partial charge in [-0.05, 0) is 41.6 Å². The number of nitrogens with zero attached hydrogens (tertiary/aromatic N) is 2. The van der Waals surface area contributed by atoms with E-state index < -0.39 is 0 Å². The maximum atomic E-state index is 5.28. The average molecular weight is 342 g/mol. The van der Waals surface area contributed by atoms with Crippen LogP contribution in [0.4, 0.5) is 0 Å². The molecule has 0 saturated carbocycles. The first-order valence-electron chi connectivity index (χ1n) is 5.50. The molecule has 0 aliphatic rings. The Hall–Kier alpha value is -0.880. The monoisotopic (exact) mass is 342 g/mol. The van der Waals surface area contributed by atoms with Gasteiger partial charge >= 0.3 is 0 Å². The summed E-state index contributed by atoms with van der Waals surface area (Å²) in [4.78, 5) is 4.41. The molecule has 17 heavy (non-hydrogen) atoms. The standard InChI is InChI=1S/C13H15IN2O/c1-10(17-2)9-16-8-7-15-13(16)11-3-5-12(14)6-4-11/h3-8,10H,9H2,1-2H3. The number of hydrogen-bond donors (Lipinski definition) is 0. The van der Waals surface area contributed by atoms with Crippen molar-refractivity contribution in [2.24, 2.45) is 0 Å². The fourth-order valence-electron chi connectivity index (χ4n) is 1.67. The first-order chi connectivity index (χ1) is 8.20. The third-order valence-electron chi connectivity index (χ3n) is 2.67. The van der Waals surface area contributed by atoms with Gasteiger partial charge in [-0.15, -0.1) is 0 Å². The molecule has 1 atom stereocenters. The maximum absolute atomic E-state index is 5.28. The molecule has 1 unspecified atom stereocenters. The van der Waals surface area contributed by atoms with E-state index in [0.717, 1.165) is 17.9 Å². The van der Waals surface area contributed by atoms with Crippen molar-refractivity contribution in [1.82, 2.24) is 9.55 Å². The minimum Gasteiger partial charge on any atom is -0.380 e. The van der Waals surface area contributed by atoms with Gasteiger partial charge in [0.1, 0.15) is 5.82 Å². The predicted octanol–water partition coefficient (Wildman–Crippen LogP) is 3.19. The molecule has 4 heteroatoms. The van der Waals surface area contributed by atoms with E-state index in [2.05, 4.69) is 63.3 Å². The van der Waals surface area contributed by atoms with Crippen LogP contribution in [0.3, 0.4) is 0 Å². The van der Waals surface area contributed by atoms with Gasteiger partial charge in [0.05, 0.1) is 12.6 Å². The van der Waals surface area contributed by atoms with Crippen LogP contribution >= 0.6 is 22.6 Å². The molecule has 2 rings (SSSR count). The number of halogens is 1. The predicted molar refractivity (Wildman–Crippen MR) is 76.9 cm³/mol. The molecule has 0 fully saturated rings. The van der Waals surface area contributed by atoms with Crippen LogP contribution in [-0.4, -0.2) is 22.8 Å². The summed E-state index contributed by atoms with van der Waals surface area (Å²) >= 11 is 2.30. The highest BCUT2D eigenvalue weighted by atomic mass is 127. The zero-order valence-electron chi connectivity index (χ0n) is 9.93. The highest BCUT2D eigenvalue weighted by Gasteiger charge is 2.08. The second-order valence-corrected chi connectivity index (χ2v) is 5.20. The maximum Gasteiger partial charge on any atom is 0.139 e. The summed E-state index contributed by atoms with van der Waals surface area (Å²) in [7, 11) is 1.73. The van der Waals surface area contributed by atoms with Crippen molar-refractivity contribution in [3.8, 4) is 11.4 Å². The fourth-order valence-corrected chi connectivity index (χ4v) is 2.03. The van der Waals surface area contributed by atoms with Gasteiger partial charge in [0.2, 0.25) is 0 Å². The molecule has 3 nitrogen and oxygen atoms in total. The van der Waals surface area contributed by atoms with Crippen molar-refractivity contribution in [1.29, 1.82) is 0 Å². The third-order valence-corrected chi connectivity index (χ3v) is 3.39.